The summed E-state index contributed by atoms with van der Waals surface area (Å²) in [6.07, 6.45) is 0. The predicted octanol–water partition coefficient (Wildman–Crippen LogP) is 4.49. The molecule has 0 N–H and O–H groups in total. The molecule has 2 nitrogen and oxygen atoms in total. The summed E-state index contributed by atoms with van der Waals surface area (Å²) in [4.78, 5) is 12.0. The molecule has 0 aliphatic rings. The molecule has 0 amide bonds. The molecule has 1 aromatic carbocycles. The van der Waals surface area contributed by atoms with Crippen LogP contribution in [0.3, 0.4) is 0 Å². The summed E-state index contributed by atoms with van der Waals surface area (Å²) in [6, 6.07) is 9.40. The van der Waals surface area contributed by atoms with Crippen molar-refractivity contribution in [2.75, 3.05) is 12.9 Å². The van der Waals surface area contributed by atoms with Crippen LogP contribution in [-0.2, 0) is 0 Å². The lowest BCUT2D eigenvalue weighted by Gasteiger charge is -2.05. The number of methoxy groups -OCH3 is 1. The molecular formula is C13H11BrO2S2. The van der Waals surface area contributed by atoms with E-state index in [1.807, 2.05) is 17.5 Å². The molecule has 0 fully saturated rings. The van der Waals surface area contributed by atoms with Gasteiger partial charge in [0.15, 0.2) is 5.78 Å². The van der Waals surface area contributed by atoms with Crippen molar-refractivity contribution >= 4 is 44.8 Å². The van der Waals surface area contributed by atoms with Gasteiger partial charge in [0.1, 0.15) is 5.75 Å². The highest BCUT2D eigenvalue weighted by molar-refractivity contribution is 9.10. The Hall–Kier alpha value is -0.780. The smallest absolute Gasteiger partial charge is 0.173 e. The van der Waals surface area contributed by atoms with Crippen LogP contribution in [0.2, 0.25) is 0 Å². The summed E-state index contributed by atoms with van der Waals surface area (Å²) < 4.78 is 7.10. The summed E-state index contributed by atoms with van der Waals surface area (Å²) in [7, 11) is 1.61. The lowest BCUT2D eigenvalue weighted by molar-refractivity contribution is 0.102. The molecular weight excluding hydrogens is 332 g/mol. The molecule has 18 heavy (non-hydrogen) atoms. The van der Waals surface area contributed by atoms with Crippen LogP contribution < -0.4 is 4.74 Å². The zero-order valence-corrected chi connectivity index (χ0v) is 12.9. The number of hydrogen-bond donors (Lipinski definition) is 0. The van der Waals surface area contributed by atoms with E-state index in [1.165, 1.54) is 0 Å². The van der Waals surface area contributed by atoms with Crippen molar-refractivity contribution in [3.05, 3.63) is 45.7 Å². The zero-order chi connectivity index (χ0) is 13.0. The topological polar surface area (TPSA) is 26.3 Å². The highest BCUT2D eigenvalue weighted by Gasteiger charge is 2.09. The van der Waals surface area contributed by atoms with Gasteiger partial charge >= 0.3 is 0 Å². The number of thioether (sulfide) groups is 1. The number of carbonyl (C=O) groups excluding carboxylic acids is 1. The van der Waals surface area contributed by atoms with Gasteiger partial charge in [0, 0.05) is 5.56 Å². The van der Waals surface area contributed by atoms with E-state index in [2.05, 4.69) is 15.9 Å². The Kier molecular flexibility index (Phi) is 4.86. The SMILES string of the molecule is COc1ccc(C(=O)CSc2cccs2)cc1Br. The highest BCUT2D eigenvalue weighted by atomic mass is 79.9. The van der Waals surface area contributed by atoms with E-state index in [0.29, 0.717) is 11.3 Å². The number of Topliss-reactive ketones (excluding diaryl/α,β-unsaturated/α-hetero) is 1. The molecule has 0 atom stereocenters. The quantitative estimate of drug-likeness (QED) is 0.591. The fraction of sp³-hybridized carbons (Fsp3) is 0.154. The average Bonchev–Trinajstić information content (AvgIpc) is 2.89. The second kappa shape index (κ2) is 6.41. The fourth-order valence-electron chi connectivity index (χ4n) is 1.41. The third-order valence-corrected chi connectivity index (χ3v) is 5.07. The van der Waals surface area contributed by atoms with Crippen molar-refractivity contribution in [2.24, 2.45) is 0 Å². The lowest BCUT2D eigenvalue weighted by atomic mass is 10.1. The van der Waals surface area contributed by atoms with Crippen molar-refractivity contribution in [3.63, 3.8) is 0 Å². The largest absolute Gasteiger partial charge is 0.496 e. The maximum Gasteiger partial charge on any atom is 0.173 e. The monoisotopic (exact) mass is 342 g/mol. The van der Waals surface area contributed by atoms with Gasteiger partial charge in [-0.1, -0.05) is 6.07 Å². The Balaban J connectivity index is 2.02. The standard InChI is InChI=1S/C13H11BrO2S2/c1-16-12-5-4-9(7-10(12)14)11(15)8-18-13-3-2-6-17-13/h2-7H,8H2,1H3. The Morgan fingerprint density at radius 1 is 1.44 bits per heavy atom. The maximum atomic E-state index is 12.0. The highest BCUT2D eigenvalue weighted by Crippen LogP contribution is 2.28. The Bertz CT molecular complexity index is 538. The second-order valence-corrected chi connectivity index (χ2v) is 6.57. The molecule has 0 saturated carbocycles. The van der Waals surface area contributed by atoms with E-state index < -0.39 is 0 Å². The maximum absolute atomic E-state index is 12.0. The van der Waals surface area contributed by atoms with Crippen LogP contribution in [0.1, 0.15) is 10.4 Å². The number of carbonyl (C=O) groups is 1. The number of benzene rings is 1. The summed E-state index contributed by atoms with van der Waals surface area (Å²) >= 11 is 6.60. The number of ketones is 1. The van der Waals surface area contributed by atoms with E-state index in [9.17, 15) is 4.79 Å². The molecule has 0 aliphatic carbocycles. The van der Waals surface area contributed by atoms with Crippen molar-refractivity contribution in [1.29, 1.82) is 0 Å². The van der Waals surface area contributed by atoms with Gasteiger partial charge in [-0.15, -0.1) is 23.1 Å². The second-order valence-electron chi connectivity index (χ2n) is 3.49. The van der Waals surface area contributed by atoms with Gasteiger partial charge in [-0.2, -0.15) is 0 Å². The van der Waals surface area contributed by atoms with E-state index >= 15 is 0 Å². The van der Waals surface area contributed by atoms with Crippen LogP contribution in [0.15, 0.2) is 44.4 Å². The predicted molar refractivity (Wildman–Crippen MR) is 80.1 cm³/mol. The van der Waals surface area contributed by atoms with Gasteiger partial charge in [-0.25, -0.2) is 0 Å². The lowest BCUT2D eigenvalue weighted by Crippen LogP contribution is -2.02. The van der Waals surface area contributed by atoms with Crippen molar-refractivity contribution < 1.29 is 9.53 Å². The van der Waals surface area contributed by atoms with E-state index in [-0.39, 0.29) is 5.78 Å². The van der Waals surface area contributed by atoms with Crippen LogP contribution in [0.25, 0.3) is 0 Å². The molecule has 0 saturated heterocycles. The minimum Gasteiger partial charge on any atom is -0.496 e. The van der Waals surface area contributed by atoms with Gasteiger partial charge in [-0.05, 0) is 45.6 Å². The first kappa shape index (κ1) is 13.6. The van der Waals surface area contributed by atoms with Crippen LogP contribution in [0.5, 0.6) is 5.75 Å². The molecule has 0 aliphatic heterocycles. The normalized spacial score (nSPS) is 10.3. The molecule has 2 rings (SSSR count). The minimum absolute atomic E-state index is 0.122. The van der Waals surface area contributed by atoms with Crippen LogP contribution in [-0.4, -0.2) is 18.6 Å². The molecule has 0 bridgehead atoms. The summed E-state index contributed by atoms with van der Waals surface area (Å²) in [6.45, 7) is 0. The van der Waals surface area contributed by atoms with Crippen LogP contribution >= 0.6 is 39.0 Å². The van der Waals surface area contributed by atoms with E-state index in [4.69, 9.17) is 4.74 Å². The first-order valence-corrected chi connectivity index (χ1v) is 7.89. The van der Waals surface area contributed by atoms with Crippen LogP contribution in [0.4, 0.5) is 0 Å². The van der Waals surface area contributed by atoms with Gasteiger partial charge in [0.25, 0.3) is 0 Å². The number of ether oxygens (including phenoxy) is 1. The average molecular weight is 343 g/mol. The minimum atomic E-state index is 0.122. The Morgan fingerprint density at radius 2 is 2.28 bits per heavy atom. The first-order valence-electron chi connectivity index (χ1n) is 5.24. The molecule has 0 unspecified atom stereocenters. The Labute approximate surface area is 122 Å². The van der Waals surface area contributed by atoms with Crippen LogP contribution in [0, 0.1) is 0 Å². The number of thiophene rings is 1. The fourth-order valence-corrected chi connectivity index (χ4v) is 3.62. The van der Waals surface area contributed by atoms with Crippen molar-refractivity contribution in [2.45, 2.75) is 4.21 Å². The number of halogens is 1. The molecule has 2 aromatic rings. The van der Waals surface area contributed by atoms with Gasteiger partial charge in [-0.3, -0.25) is 4.79 Å². The van der Waals surface area contributed by atoms with Crippen molar-refractivity contribution in [3.8, 4) is 5.75 Å². The van der Waals surface area contributed by atoms with Gasteiger partial charge in [0.05, 0.1) is 21.5 Å². The van der Waals surface area contributed by atoms with Crippen molar-refractivity contribution in [1.82, 2.24) is 0 Å². The summed E-state index contributed by atoms with van der Waals surface area (Å²) in [5, 5.41) is 2.01. The molecule has 1 aromatic heterocycles. The number of rotatable bonds is 5. The molecule has 0 spiro atoms. The Morgan fingerprint density at radius 3 is 2.89 bits per heavy atom. The van der Waals surface area contributed by atoms with Gasteiger partial charge < -0.3 is 4.74 Å². The van der Waals surface area contributed by atoms with E-state index in [0.717, 1.165) is 14.4 Å². The number of hydrogen-bond acceptors (Lipinski definition) is 4. The summed E-state index contributed by atoms with van der Waals surface area (Å²) in [5.74, 6) is 1.31. The molecule has 5 heteroatoms. The third kappa shape index (κ3) is 3.37. The zero-order valence-electron chi connectivity index (χ0n) is 9.68. The molecule has 0 radical (unpaired) electrons. The summed E-state index contributed by atoms with van der Waals surface area (Å²) in [5.41, 5.74) is 0.701. The molecule has 94 valence electrons. The van der Waals surface area contributed by atoms with Gasteiger partial charge in [0.2, 0.25) is 0 Å². The third-order valence-electron chi connectivity index (χ3n) is 2.31. The van der Waals surface area contributed by atoms with E-state index in [1.54, 1.807) is 48.4 Å². The first-order chi connectivity index (χ1) is 8.70. The molecule has 1 heterocycles.